The molecule has 2 heteroatoms. The lowest BCUT2D eigenvalue weighted by Gasteiger charge is -2.41. The van der Waals surface area contributed by atoms with Gasteiger partial charge in [-0.3, -0.25) is 0 Å². The van der Waals surface area contributed by atoms with Crippen LogP contribution in [0.15, 0.2) is 48.6 Å². The average Bonchev–Trinajstić information content (AvgIpc) is 2.74. The van der Waals surface area contributed by atoms with E-state index in [1.54, 1.807) is 12.1 Å². The van der Waals surface area contributed by atoms with Crippen molar-refractivity contribution >= 4 is 0 Å². The first-order valence-electron chi connectivity index (χ1n) is 11.7. The van der Waals surface area contributed by atoms with Crippen LogP contribution in [0.4, 0.5) is 8.78 Å². The molecule has 4 unspecified atom stereocenters. The Morgan fingerprint density at radius 3 is 2.27 bits per heavy atom. The van der Waals surface area contributed by atoms with Gasteiger partial charge >= 0.3 is 0 Å². The van der Waals surface area contributed by atoms with Crippen LogP contribution in [0, 0.1) is 29.4 Å². The second-order valence-electron chi connectivity index (χ2n) is 9.61. The van der Waals surface area contributed by atoms with Gasteiger partial charge in [-0.15, -0.1) is 0 Å². The van der Waals surface area contributed by atoms with Crippen molar-refractivity contribution in [1.82, 2.24) is 0 Å². The summed E-state index contributed by atoms with van der Waals surface area (Å²) in [6, 6.07) is 10.9. The third-order valence-electron chi connectivity index (χ3n) is 7.49. The smallest absolute Gasteiger partial charge is 0.134 e. The van der Waals surface area contributed by atoms with E-state index in [4.69, 9.17) is 0 Å². The van der Waals surface area contributed by atoms with Crippen molar-refractivity contribution in [1.29, 1.82) is 0 Å². The number of benzene rings is 2. The van der Waals surface area contributed by atoms with Crippen molar-refractivity contribution in [2.45, 2.75) is 71.1 Å². The molecule has 4 rings (SSSR count). The number of aryl methyl sites for hydroxylation is 1. The molecule has 0 spiro atoms. The van der Waals surface area contributed by atoms with E-state index in [0.717, 1.165) is 49.0 Å². The Labute approximate surface area is 180 Å². The Bertz CT molecular complexity index is 857. The summed E-state index contributed by atoms with van der Waals surface area (Å²) in [7, 11) is 0. The molecule has 160 valence electrons. The molecule has 0 nitrogen and oxygen atoms in total. The molecule has 0 aromatic heterocycles. The van der Waals surface area contributed by atoms with E-state index in [2.05, 4.69) is 13.0 Å². The van der Waals surface area contributed by atoms with Crippen molar-refractivity contribution < 1.29 is 8.78 Å². The number of hydrogen-bond acceptors (Lipinski definition) is 0. The largest absolute Gasteiger partial charge is 0.206 e. The maximum absolute atomic E-state index is 15.0. The first kappa shape index (κ1) is 21.3. The third kappa shape index (κ3) is 4.68. The van der Waals surface area contributed by atoms with Crippen molar-refractivity contribution in [3.8, 4) is 11.1 Å². The summed E-state index contributed by atoms with van der Waals surface area (Å²) < 4.78 is 30.1. The predicted molar refractivity (Wildman–Crippen MR) is 122 cm³/mol. The maximum Gasteiger partial charge on any atom is 0.134 e. The van der Waals surface area contributed by atoms with Crippen molar-refractivity contribution in [3.05, 3.63) is 71.3 Å². The number of allylic oxidation sites excluding steroid dienone is 2. The van der Waals surface area contributed by atoms with E-state index in [9.17, 15) is 0 Å². The Morgan fingerprint density at radius 2 is 1.57 bits per heavy atom. The molecule has 0 radical (unpaired) electrons. The first-order chi connectivity index (χ1) is 14.5. The number of halogens is 2. The summed E-state index contributed by atoms with van der Waals surface area (Å²) in [5.41, 5.74) is 2.77. The number of rotatable bonds is 5. The lowest BCUT2D eigenvalue weighted by atomic mass is 9.64. The van der Waals surface area contributed by atoms with Crippen LogP contribution < -0.4 is 0 Å². The summed E-state index contributed by atoms with van der Waals surface area (Å²) in [6.45, 7) is 4.38. The molecule has 2 aliphatic carbocycles. The Morgan fingerprint density at radius 1 is 0.900 bits per heavy atom. The van der Waals surface area contributed by atoms with E-state index in [-0.39, 0.29) is 5.56 Å². The quantitative estimate of drug-likeness (QED) is 0.435. The topological polar surface area (TPSA) is 0 Å². The zero-order valence-corrected chi connectivity index (χ0v) is 18.3. The van der Waals surface area contributed by atoms with Gasteiger partial charge in [0.15, 0.2) is 0 Å². The lowest BCUT2D eigenvalue weighted by molar-refractivity contribution is 0.124. The van der Waals surface area contributed by atoms with Crippen LogP contribution >= 0.6 is 0 Å². The van der Waals surface area contributed by atoms with E-state index in [0.29, 0.717) is 11.5 Å². The Kier molecular flexibility index (Phi) is 6.71. The molecule has 0 aliphatic heterocycles. The minimum absolute atomic E-state index is 0.110. The summed E-state index contributed by atoms with van der Waals surface area (Å²) in [4.78, 5) is 0. The summed E-state index contributed by atoms with van der Waals surface area (Å²) in [5.74, 6) is 1.85. The average molecular weight is 409 g/mol. The SMILES string of the molecule is CC=CCCc1ccc(-c2c(F)cc(C3CCC4CC(C)CCC4C3)cc2F)cc1. The van der Waals surface area contributed by atoms with E-state index in [1.165, 1.54) is 31.2 Å². The summed E-state index contributed by atoms with van der Waals surface area (Å²) in [6.07, 6.45) is 13.4. The molecule has 0 N–H and O–H groups in total. The third-order valence-corrected chi connectivity index (χ3v) is 7.49. The van der Waals surface area contributed by atoms with Crippen molar-refractivity contribution in [2.24, 2.45) is 17.8 Å². The maximum atomic E-state index is 15.0. The zero-order valence-electron chi connectivity index (χ0n) is 18.3. The van der Waals surface area contributed by atoms with Crippen LogP contribution in [-0.4, -0.2) is 0 Å². The Hall–Kier alpha value is -1.96. The molecular weight excluding hydrogens is 374 g/mol. The molecule has 0 amide bonds. The molecule has 0 bridgehead atoms. The molecule has 30 heavy (non-hydrogen) atoms. The van der Waals surface area contributed by atoms with Gasteiger partial charge in [-0.1, -0.05) is 49.8 Å². The van der Waals surface area contributed by atoms with E-state index >= 15 is 8.78 Å². The highest BCUT2D eigenvalue weighted by atomic mass is 19.1. The van der Waals surface area contributed by atoms with Crippen LogP contribution in [0.1, 0.15) is 75.8 Å². The fourth-order valence-electron chi connectivity index (χ4n) is 5.79. The van der Waals surface area contributed by atoms with Gasteiger partial charge in [0.05, 0.1) is 5.56 Å². The van der Waals surface area contributed by atoms with Crippen molar-refractivity contribution in [2.75, 3.05) is 0 Å². The highest BCUT2D eigenvalue weighted by Crippen LogP contribution is 2.48. The van der Waals surface area contributed by atoms with Crippen LogP contribution in [-0.2, 0) is 6.42 Å². The van der Waals surface area contributed by atoms with Gasteiger partial charge in [0.25, 0.3) is 0 Å². The standard InChI is InChI=1S/C28H34F2/c1-3-4-5-6-20-8-11-21(12-9-20)28-26(29)17-25(18-27(28)30)24-14-13-22-15-19(2)7-10-23(22)16-24/h3-4,8-9,11-12,17-19,22-24H,5-7,10,13-16H2,1-2H3. The minimum atomic E-state index is -0.425. The second kappa shape index (κ2) is 9.45. The predicted octanol–water partition coefficient (Wildman–Crippen LogP) is 8.46. The monoisotopic (exact) mass is 408 g/mol. The zero-order chi connectivity index (χ0) is 21.1. The number of hydrogen-bond donors (Lipinski definition) is 0. The van der Waals surface area contributed by atoms with Gasteiger partial charge in [-0.05, 0) is 104 Å². The molecule has 4 atom stereocenters. The summed E-state index contributed by atoms with van der Waals surface area (Å²) in [5, 5.41) is 0. The molecule has 0 heterocycles. The second-order valence-corrected chi connectivity index (χ2v) is 9.61. The Balaban J connectivity index is 1.50. The fourth-order valence-corrected chi connectivity index (χ4v) is 5.79. The van der Waals surface area contributed by atoms with Gasteiger partial charge in [0.1, 0.15) is 11.6 Å². The van der Waals surface area contributed by atoms with E-state index < -0.39 is 11.6 Å². The van der Waals surface area contributed by atoms with Crippen molar-refractivity contribution in [3.63, 3.8) is 0 Å². The van der Waals surface area contributed by atoms with Crippen LogP contribution in [0.5, 0.6) is 0 Å². The molecule has 2 fully saturated rings. The lowest BCUT2D eigenvalue weighted by Crippen LogP contribution is -2.29. The first-order valence-corrected chi connectivity index (χ1v) is 11.7. The molecule has 2 aromatic rings. The van der Waals surface area contributed by atoms with Gasteiger partial charge in [-0.25, -0.2) is 8.78 Å². The molecule has 2 aliphatic rings. The van der Waals surface area contributed by atoms with Gasteiger partial charge < -0.3 is 0 Å². The van der Waals surface area contributed by atoms with Crippen LogP contribution in [0.25, 0.3) is 11.1 Å². The minimum Gasteiger partial charge on any atom is -0.206 e. The fraction of sp³-hybridized carbons (Fsp3) is 0.500. The van der Waals surface area contributed by atoms with E-state index in [1.807, 2.05) is 37.3 Å². The number of fused-ring (bicyclic) bond motifs is 1. The van der Waals surface area contributed by atoms with Gasteiger partial charge in [0, 0.05) is 0 Å². The van der Waals surface area contributed by atoms with Crippen LogP contribution in [0.2, 0.25) is 0 Å². The molecule has 0 saturated heterocycles. The normalized spacial score (nSPS) is 26.7. The van der Waals surface area contributed by atoms with Gasteiger partial charge in [0.2, 0.25) is 0 Å². The molecule has 2 aromatic carbocycles. The highest BCUT2D eigenvalue weighted by molar-refractivity contribution is 5.65. The molecule has 2 saturated carbocycles. The summed E-state index contributed by atoms with van der Waals surface area (Å²) >= 11 is 0. The van der Waals surface area contributed by atoms with Gasteiger partial charge in [-0.2, -0.15) is 0 Å². The molecular formula is C28H34F2. The highest BCUT2D eigenvalue weighted by Gasteiger charge is 2.35. The van der Waals surface area contributed by atoms with Crippen LogP contribution in [0.3, 0.4) is 0 Å².